The molecule has 6 nitrogen and oxygen atoms in total. The lowest BCUT2D eigenvalue weighted by Crippen LogP contribution is -2.42. The second-order valence-electron chi connectivity index (χ2n) is 7.98. The third kappa shape index (κ3) is 4.61. The molecule has 1 aromatic heterocycles. The van der Waals surface area contributed by atoms with Crippen molar-refractivity contribution < 1.29 is 9.53 Å². The molecule has 0 fully saturated rings. The van der Waals surface area contributed by atoms with Gasteiger partial charge in [-0.05, 0) is 93.4 Å². The van der Waals surface area contributed by atoms with E-state index in [1.807, 2.05) is 48.5 Å². The summed E-state index contributed by atoms with van der Waals surface area (Å²) < 4.78 is 6.84. The van der Waals surface area contributed by atoms with Gasteiger partial charge in [0.25, 0.3) is 5.91 Å². The number of nitrogens with zero attached hydrogens (tertiary/aromatic N) is 3. The van der Waals surface area contributed by atoms with Crippen molar-refractivity contribution in [2.24, 2.45) is 0 Å². The van der Waals surface area contributed by atoms with E-state index in [1.165, 1.54) is 11.1 Å². The van der Waals surface area contributed by atoms with E-state index < -0.39 is 5.60 Å². The van der Waals surface area contributed by atoms with Crippen LogP contribution in [-0.4, -0.2) is 26.5 Å². The van der Waals surface area contributed by atoms with Gasteiger partial charge >= 0.3 is 0 Å². The molecule has 0 bridgehead atoms. The van der Waals surface area contributed by atoms with Gasteiger partial charge in [0.15, 0.2) is 5.60 Å². The predicted octanol–water partition coefficient (Wildman–Crippen LogP) is 5.60. The molecule has 0 saturated carbocycles. The fraction of sp³-hybridized carbons (Fsp3) is 0.208. The van der Waals surface area contributed by atoms with Crippen molar-refractivity contribution >= 4 is 38.6 Å². The van der Waals surface area contributed by atoms with Gasteiger partial charge in [0, 0.05) is 10.2 Å². The highest BCUT2D eigenvalue weighted by atomic mass is 79.9. The molecule has 7 heteroatoms. The summed E-state index contributed by atoms with van der Waals surface area (Å²) in [5.41, 5.74) is 4.33. The Morgan fingerprint density at radius 1 is 0.935 bits per heavy atom. The Labute approximate surface area is 189 Å². The lowest BCUT2D eigenvalue weighted by atomic mass is 10.1. The van der Waals surface area contributed by atoms with Crippen molar-refractivity contribution in [3.05, 3.63) is 76.3 Å². The van der Waals surface area contributed by atoms with Crippen LogP contribution in [0.5, 0.6) is 5.75 Å². The van der Waals surface area contributed by atoms with Gasteiger partial charge in [-0.25, -0.2) is 0 Å². The summed E-state index contributed by atoms with van der Waals surface area (Å²) in [5.74, 6) is 0.367. The second-order valence-corrected chi connectivity index (χ2v) is 8.90. The second kappa shape index (κ2) is 8.15. The van der Waals surface area contributed by atoms with Gasteiger partial charge in [-0.3, -0.25) is 4.79 Å². The van der Waals surface area contributed by atoms with Crippen LogP contribution in [0.15, 0.2) is 65.1 Å². The van der Waals surface area contributed by atoms with Crippen LogP contribution in [0.1, 0.15) is 25.0 Å². The van der Waals surface area contributed by atoms with Crippen LogP contribution in [-0.2, 0) is 4.79 Å². The largest absolute Gasteiger partial charge is 0.478 e. The van der Waals surface area contributed by atoms with E-state index >= 15 is 0 Å². The van der Waals surface area contributed by atoms with Crippen molar-refractivity contribution in [1.82, 2.24) is 15.0 Å². The van der Waals surface area contributed by atoms with Crippen LogP contribution in [0.2, 0.25) is 0 Å². The molecule has 0 aliphatic carbocycles. The van der Waals surface area contributed by atoms with Crippen molar-refractivity contribution in [2.45, 2.75) is 33.3 Å². The molecule has 158 valence electrons. The number of aromatic nitrogens is 3. The highest BCUT2D eigenvalue weighted by Crippen LogP contribution is 2.24. The number of amides is 1. The first-order valence-corrected chi connectivity index (χ1v) is 10.7. The predicted molar refractivity (Wildman–Crippen MR) is 126 cm³/mol. The van der Waals surface area contributed by atoms with Gasteiger partial charge < -0.3 is 10.1 Å². The Hall–Kier alpha value is -3.19. The molecule has 1 amide bonds. The number of fused-ring (bicyclic) bond motifs is 1. The van der Waals surface area contributed by atoms with Crippen LogP contribution < -0.4 is 10.1 Å². The van der Waals surface area contributed by atoms with Gasteiger partial charge in [0.05, 0.1) is 5.69 Å². The van der Waals surface area contributed by atoms with E-state index in [9.17, 15) is 4.79 Å². The summed E-state index contributed by atoms with van der Waals surface area (Å²) >= 11 is 3.39. The van der Waals surface area contributed by atoms with Crippen molar-refractivity contribution in [1.29, 1.82) is 0 Å². The number of hydrogen-bond acceptors (Lipinski definition) is 4. The molecule has 1 heterocycles. The van der Waals surface area contributed by atoms with E-state index in [0.717, 1.165) is 15.7 Å². The molecule has 3 aromatic carbocycles. The van der Waals surface area contributed by atoms with Gasteiger partial charge in [0.2, 0.25) is 0 Å². The normalized spacial score (nSPS) is 11.5. The third-order valence-electron chi connectivity index (χ3n) is 5.09. The zero-order valence-electron chi connectivity index (χ0n) is 17.8. The van der Waals surface area contributed by atoms with E-state index in [2.05, 4.69) is 57.4 Å². The van der Waals surface area contributed by atoms with Crippen LogP contribution >= 0.6 is 15.9 Å². The van der Waals surface area contributed by atoms with E-state index in [1.54, 1.807) is 18.6 Å². The van der Waals surface area contributed by atoms with Crippen molar-refractivity contribution in [3.63, 3.8) is 0 Å². The fourth-order valence-corrected chi connectivity index (χ4v) is 3.35. The van der Waals surface area contributed by atoms with Crippen molar-refractivity contribution in [2.75, 3.05) is 5.32 Å². The quantitative estimate of drug-likeness (QED) is 0.405. The first kappa shape index (κ1) is 21.1. The van der Waals surface area contributed by atoms with Gasteiger partial charge in [-0.15, -0.1) is 10.2 Å². The highest BCUT2D eigenvalue weighted by molar-refractivity contribution is 9.10. The monoisotopic (exact) mass is 478 g/mol. The third-order valence-corrected chi connectivity index (χ3v) is 5.62. The van der Waals surface area contributed by atoms with Gasteiger partial charge in [-0.2, -0.15) is 4.80 Å². The Balaban J connectivity index is 1.53. The number of benzene rings is 3. The number of anilines is 1. The lowest BCUT2D eigenvalue weighted by Gasteiger charge is -2.25. The van der Waals surface area contributed by atoms with Crippen LogP contribution in [0, 0.1) is 13.8 Å². The molecule has 0 aliphatic heterocycles. The molecule has 0 saturated heterocycles. The average molecular weight is 479 g/mol. The molecule has 0 radical (unpaired) electrons. The number of rotatable bonds is 5. The minimum atomic E-state index is -1.06. The molecule has 0 spiro atoms. The Morgan fingerprint density at radius 2 is 1.65 bits per heavy atom. The number of halogens is 1. The zero-order chi connectivity index (χ0) is 22.2. The summed E-state index contributed by atoms with van der Waals surface area (Å²) in [5, 5.41) is 12.0. The summed E-state index contributed by atoms with van der Waals surface area (Å²) in [6.07, 6.45) is 0. The first-order chi connectivity index (χ1) is 14.7. The Kier molecular flexibility index (Phi) is 5.54. The van der Waals surface area contributed by atoms with Crippen LogP contribution in [0.3, 0.4) is 0 Å². The molecule has 4 aromatic rings. The maximum atomic E-state index is 12.9. The van der Waals surface area contributed by atoms with Gasteiger partial charge in [0.1, 0.15) is 16.8 Å². The highest BCUT2D eigenvalue weighted by Gasteiger charge is 2.30. The lowest BCUT2D eigenvalue weighted by molar-refractivity contribution is -0.128. The fourth-order valence-electron chi connectivity index (χ4n) is 3.08. The smallest absolute Gasteiger partial charge is 0.267 e. The summed E-state index contributed by atoms with van der Waals surface area (Å²) in [6.45, 7) is 7.61. The summed E-state index contributed by atoms with van der Waals surface area (Å²) in [7, 11) is 0. The zero-order valence-corrected chi connectivity index (χ0v) is 19.4. The number of ether oxygens (including phenoxy) is 1. The summed E-state index contributed by atoms with van der Waals surface area (Å²) in [4.78, 5) is 14.5. The number of aryl methyl sites for hydroxylation is 2. The molecular weight excluding hydrogens is 456 g/mol. The minimum Gasteiger partial charge on any atom is -0.478 e. The standard InChI is InChI=1S/C24H23BrN4O2/c1-15-5-9-19(13-16(15)2)29-27-21-12-8-18(14-22(21)28-29)26-23(30)24(3,4)31-20-10-6-17(25)7-11-20/h5-14H,1-4H3,(H,26,30). The maximum absolute atomic E-state index is 12.9. The Morgan fingerprint density at radius 3 is 2.35 bits per heavy atom. The molecule has 4 rings (SSSR count). The van der Waals surface area contributed by atoms with E-state index in [-0.39, 0.29) is 5.91 Å². The summed E-state index contributed by atoms with van der Waals surface area (Å²) in [6, 6.07) is 18.9. The van der Waals surface area contributed by atoms with Crippen molar-refractivity contribution in [3.8, 4) is 11.4 Å². The average Bonchev–Trinajstić information content (AvgIpc) is 3.15. The molecule has 1 N–H and O–H groups in total. The maximum Gasteiger partial charge on any atom is 0.267 e. The molecule has 0 unspecified atom stereocenters. The minimum absolute atomic E-state index is 0.253. The van der Waals surface area contributed by atoms with Crippen LogP contribution in [0.25, 0.3) is 16.7 Å². The molecule has 31 heavy (non-hydrogen) atoms. The molecule has 0 aliphatic rings. The Bertz CT molecular complexity index is 1260. The van der Waals surface area contributed by atoms with E-state index in [0.29, 0.717) is 17.0 Å². The number of hydrogen-bond donors (Lipinski definition) is 1. The van der Waals surface area contributed by atoms with Crippen LogP contribution in [0.4, 0.5) is 5.69 Å². The molecular formula is C24H23BrN4O2. The number of nitrogens with one attached hydrogen (secondary N) is 1. The molecule has 0 atom stereocenters. The SMILES string of the molecule is Cc1ccc(-n2nc3ccc(NC(=O)C(C)(C)Oc4ccc(Br)cc4)cc3n2)cc1C. The topological polar surface area (TPSA) is 69.0 Å². The number of carbonyl (C=O) groups is 1. The first-order valence-electron chi connectivity index (χ1n) is 9.92. The van der Waals surface area contributed by atoms with E-state index in [4.69, 9.17) is 4.74 Å². The van der Waals surface area contributed by atoms with Gasteiger partial charge in [-0.1, -0.05) is 22.0 Å². The number of carbonyl (C=O) groups excluding carboxylic acids is 1.